The van der Waals surface area contributed by atoms with Crippen LogP contribution in [0.1, 0.15) is 30.4 Å². The molecule has 0 saturated carbocycles. The maximum absolute atomic E-state index is 12.7. The third-order valence-electron chi connectivity index (χ3n) is 4.67. The third-order valence-corrected chi connectivity index (χ3v) is 5.89. The molecular weight excluding hydrogens is 436 g/mol. The minimum Gasteiger partial charge on any atom is -0.493 e. The number of benzene rings is 2. The number of sulfonamides is 1. The predicted molar refractivity (Wildman–Crippen MR) is 120 cm³/mol. The van der Waals surface area contributed by atoms with Gasteiger partial charge in [0.25, 0.3) is 10.0 Å². The highest BCUT2D eigenvalue weighted by atomic mass is 32.2. The third kappa shape index (κ3) is 6.13. The van der Waals surface area contributed by atoms with Crippen molar-refractivity contribution in [1.82, 2.24) is 4.83 Å². The Morgan fingerprint density at radius 2 is 1.56 bits per heavy atom. The second-order valence-electron chi connectivity index (χ2n) is 6.78. The second-order valence-corrected chi connectivity index (χ2v) is 8.44. The highest BCUT2D eigenvalue weighted by Crippen LogP contribution is 2.40. The number of ether oxygens (including phenoxy) is 4. The van der Waals surface area contributed by atoms with E-state index in [0.717, 1.165) is 5.56 Å². The van der Waals surface area contributed by atoms with Gasteiger partial charge >= 0.3 is 5.97 Å². The van der Waals surface area contributed by atoms with Gasteiger partial charge in [-0.05, 0) is 44.0 Å². The number of nitrogens with one attached hydrogen (secondary N) is 1. The molecule has 0 fully saturated rings. The maximum Gasteiger partial charge on any atom is 0.305 e. The standard InChI is InChI=1S/C22H28N2O7S/c1-15-9-11-16(12-10-15)32(26,27)24-23-18(7-6-8-20(25)29-3)17-13-14-19(28-2)22(31-5)21(17)30-4/h9-14,24H,6-8H2,1-5H3/b23-18+. The van der Waals surface area contributed by atoms with Crippen molar-refractivity contribution in [3.8, 4) is 17.2 Å². The van der Waals surface area contributed by atoms with Gasteiger partial charge in [-0.2, -0.15) is 18.4 Å². The number of rotatable bonds is 11. The molecule has 10 heteroatoms. The molecule has 9 nitrogen and oxygen atoms in total. The zero-order valence-electron chi connectivity index (χ0n) is 18.8. The number of aryl methyl sites for hydroxylation is 1. The summed E-state index contributed by atoms with van der Waals surface area (Å²) in [4.78, 5) is 13.9. The van der Waals surface area contributed by atoms with E-state index in [1.54, 1.807) is 24.3 Å². The molecule has 32 heavy (non-hydrogen) atoms. The molecule has 174 valence electrons. The Morgan fingerprint density at radius 1 is 0.906 bits per heavy atom. The van der Waals surface area contributed by atoms with E-state index in [9.17, 15) is 13.2 Å². The molecule has 0 aliphatic carbocycles. The lowest BCUT2D eigenvalue weighted by atomic mass is 10.0. The van der Waals surface area contributed by atoms with Crippen molar-refractivity contribution in [2.45, 2.75) is 31.1 Å². The predicted octanol–water partition coefficient (Wildman–Crippen LogP) is 3.05. The first kappa shape index (κ1) is 25.0. The molecule has 2 rings (SSSR count). The van der Waals surface area contributed by atoms with Crippen LogP contribution in [0.25, 0.3) is 0 Å². The molecule has 2 aromatic carbocycles. The van der Waals surface area contributed by atoms with Crippen LogP contribution in [0, 0.1) is 6.92 Å². The molecule has 0 atom stereocenters. The highest BCUT2D eigenvalue weighted by molar-refractivity contribution is 7.89. The number of hydrazone groups is 1. The Hall–Kier alpha value is -3.27. The van der Waals surface area contributed by atoms with E-state index in [1.165, 1.54) is 40.6 Å². The van der Waals surface area contributed by atoms with Crippen LogP contribution in [-0.4, -0.2) is 48.5 Å². The van der Waals surface area contributed by atoms with E-state index >= 15 is 0 Å². The number of carbonyl (C=O) groups is 1. The maximum atomic E-state index is 12.7. The molecule has 2 aromatic rings. The molecule has 0 amide bonds. The fraction of sp³-hybridized carbons (Fsp3) is 0.364. The van der Waals surface area contributed by atoms with Crippen LogP contribution in [0.3, 0.4) is 0 Å². The summed E-state index contributed by atoms with van der Waals surface area (Å²) in [7, 11) is 1.84. The summed E-state index contributed by atoms with van der Waals surface area (Å²) >= 11 is 0. The summed E-state index contributed by atoms with van der Waals surface area (Å²) in [6, 6.07) is 9.76. The van der Waals surface area contributed by atoms with Crippen molar-refractivity contribution in [3.63, 3.8) is 0 Å². The van der Waals surface area contributed by atoms with E-state index in [1.807, 2.05) is 6.92 Å². The van der Waals surface area contributed by atoms with Crippen LogP contribution in [-0.2, 0) is 19.6 Å². The molecule has 0 saturated heterocycles. The number of hydrogen-bond donors (Lipinski definition) is 1. The number of hydrogen-bond acceptors (Lipinski definition) is 8. The molecule has 0 unspecified atom stereocenters. The Balaban J connectivity index is 2.46. The van der Waals surface area contributed by atoms with Crippen LogP contribution >= 0.6 is 0 Å². The first-order chi connectivity index (χ1) is 15.3. The zero-order valence-corrected chi connectivity index (χ0v) is 19.6. The SMILES string of the molecule is COC(=O)CCC/C(=N\NS(=O)(=O)c1ccc(C)cc1)c1ccc(OC)c(OC)c1OC. The number of nitrogens with zero attached hydrogens (tertiary/aromatic N) is 1. The fourth-order valence-corrected chi connectivity index (χ4v) is 3.80. The minimum absolute atomic E-state index is 0.0834. The highest BCUT2D eigenvalue weighted by Gasteiger charge is 2.21. The Kier molecular flexibility index (Phi) is 8.89. The number of carbonyl (C=O) groups excluding carboxylic acids is 1. The normalized spacial score (nSPS) is 11.6. The van der Waals surface area contributed by atoms with E-state index < -0.39 is 10.0 Å². The van der Waals surface area contributed by atoms with Crippen molar-refractivity contribution < 1.29 is 32.2 Å². The van der Waals surface area contributed by atoms with Gasteiger partial charge in [0.15, 0.2) is 11.5 Å². The van der Waals surface area contributed by atoms with Crippen molar-refractivity contribution >= 4 is 21.7 Å². The fourth-order valence-electron chi connectivity index (χ4n) is 2.97. The van der Waals surface area contributed by atoms with Gasteiger partial charge in [-0.25, -0.2) is 0 Å². The van der Waals surface area contributed by atoms with Crippen molar-refractivity contribution in [2.75, 3.05) is 28.4 Å². The topological polar surface area (TPSA) is 113 Å². The summed E-state index contributed by atoms with van der Waals surface area (Å²) in [5.74, 6) is 0.749. The number of esters is 1. The van der Waals surface area contributed by atoms with Crippen LogP contribution in [0.15, 0.2) is 46.4 Å². The molecule has 1 N–H and O–H groups in total. The van der Waals surface area contributed by atoms with Gasteiger partial charge in [-0.3, -0.25) is 4.79 Å². The molecular formula is C22H28N2O7S. The first-order valence-electron chi connectivity index (χ1n) is 9.78. The quantitative estimate of drug-likeness (QED) is 0.309. The van der Waals surface area contributed by atoms with Crippen molar-refractivity contribution in [3.05, 3.63) is 47.5 Å². The van der Waals surface area contributed by atoms with Gasteiger partial charge in [0.05, 0.1) is 39.0 Å². The van der Waals surface area contributed by atoms with Crippen molar-refractivity contribution in [1.29, 1.82) is 0 Å². The summed E-state index contributed by atoms with van der Waals surface area (Å²) in [5.41, 5.74) is 1.80. The molecule has 0 aliphatic heterocycles. The van der Waals surface area contributed by atoms with E-state index in [2.05, 4.69) is 14.7 Å². The lowest BCUT2D eigenvalue weighted by Gasteiger charge is -2.17. The molecule has 0 spiro atoms. The van der Waals surface area contributed by atoms with Gasteiger partial charge in [0.2, 0.25) is 5.75 Å². The zero-order chi connectivity index (χ0) is 23.7. The first-order valence-corrected chi connectivity index (χ1v) is 11.3. The monoisotopic (exact) mass is 464 g/mol. The molecule has 0 aliphatic rings. The van der Waals surface area contributed by atoms with Crippen LogP contribution in [0.4, 0.5) is 0 Å². The Labute approximate surface area is 188 Å². The summed E-state index contributed by atoms with van der Waals surface area (Å²) in [5, 5.41) is 4.18. The Bertz CT molecular complexity index is 1060. The average Bonchev–Trinajstić information content (AvgIpc) is 2.80. The van der Waals surface area contributed by atoms with Gasteiger partial charge < -0.3 is 18.9 Å². The molecule has 0 radical (unpaired) electrons. The second kappa shape index (κ2) is 11.4. The molecule has 0 aromatic heterocycles. The lowest BCUT2D eigenvalue weighted by molar-refractivity contribution is -0.140. The van der Waals surface area contributed by atoms with Crippen LogP contribution in [0.5, 0.6) is 17.2 Å². The van der Waals surface area contributed by atoms with Gasteiger partial charge in [0.1, 0.15) is 0 Å². The largest absolute Gasteiger partial charge is 0.493 e. The summed E-state index contributed by atoms with van der Waals surface area (Å²) in [6.07, 6.45) is 0.808. The average molecular weight is 465 g/mol. The Morgan fingerprint density at radius 3 is 2.12 bits per heavy atom. The summed E-state index contributed by atoms with van der Waals surface area (Å²) < 4.78 is 46.4. The summed E-state index contributed by atoms with van der Waals surface area (Å²) in [6.45, 7) is 1.87. The minimum atomic E-state index is -3.90. The van der Waals surface area contributed by atoms with E-state index in [-0.39, 0.29) is 23.7 Å². The van der Waals surface area contributed by atoms with E-state index in [0.29, 0.717) is 34.9 Å². The van der Waals surface area contributed by atoms with Crippen LogP contribution < -0.4 is 19.0 Å². The number of methoxy groups -OCH3 is 4. The lowest BCUT2D eigenvalue weighted by Crippen LogP contribution is -2.21. The van der Waals surface area contributed by atoms with E-state index in [4.69, 9.17) is 14.2 Å². The van der Waals surface area contributed by atoms with Crippen molar-refractivity contribution in [2.24, 2.45) is 5.10 Å². The van der Waals surface area contributed by atoms with Crippen LogP contribution in [0.2, 0.25) is 0 Å². The van der Waals surface area contributed by atoms with Gasteiger partial charge in [-0.1, -0.05) is 17.7 Å². The molecule has 0 heterocycles. The van der Waals surface area contributed by atoms with Gasteiger partial charge in [-0.15, -0.1) is 0 Å². The molecule has 0 bridgehead atoms. The van der Waals surface area contributed by atoms with Gasteiger partial charge in [0, 0.05) is 12.0 Å². The smallest absolute Gasteiger partial charge is 0.305 e.